The molecule has 5 rings (SSSR count). The number of aryl methyl sites for hydroxylation is 2. The van der Waals surface area contributed by atoms with Gasteiger partial charge in [0, 0.05) is 21.2 Å². The quantitative estimate of drug-likeness (QED) is 0.325. The van der Waals surface area contributed by atoms with Crippen molar-refractivity contribution in [1.82, 2.24) is 15.0 Å². The second kappa shape index (κ2) is 8.33. The highest BCUT2D eigenvalue weighted by Gasteiger charge is 2.21. The summed E-state index contributed by atoms with van der Waals surface area (Å²) in [6.07, 6.45) is 4.99. The number of rotatable bonds is 6. The molecule has 0 saturated carbocycles. The minimum atomic E-state index is -0.0886. The van der Waals surface area contributed by atoms with E-state index in [-0.39, 0.29) is 11.7 Å². The van der Waals surface area contributed by atoms with Gasteiger partial charge in [-0.1, -0.05) is 11.8 Å². The van der Waals surface area contributed by atoms with E-state index in [1.165, 1.54) is 40.0 Å². The number of methoxy groups -OCH3 is 1. The van der Waals surface area contributed by atoms with E-state index < -0.39 is 0 Å². The number of thiophene rings is 1. The predicted molar refractivity (Wildman–Crippen MR) is 123 cm³/mol. The minimum absolute atomic E-state index is 0.0886. The number of amides is 1. The number of anilines is 1. The van der Waals surface area contributed by atoms with Gasteiger partial charge in [-0.25, -0.2) is 15.0 Å². The lowest BCUT2D eigenvalue weighted by atomic mass is 10.2. The molecule has 0 bridgehead atoms. The Morgan fingerprint density at radius 2 is 2.10 bits per heavy atom. The maximum Gasteiger partial charge on any atom is 0.236 e. The smallest absolute Gasteiger partial charge is 0.236 e. The summed E-state index contributed by atoms with van der Waals surface area (Å²) in [5.74, 6) is 0.998. The first-order chi connectivity index (χ1) is 14.7. The molecule has 0 radical (unpaired) electrons. The van der Waals surface area contributed by atoms with E-state index in [1.54, 1.807) is 24.8 Å². The maximum atomic E-state index is 12.5. The van der Waals surface area contributed by atoms with Gasteiger partial charge in [0.05, 0.1) is 18.6 Å². The van der Waals surface area contributed by atoms with Crippen molar-refractivity contribution in [3.8, 4) is 17.0 Å². The van der Waals surface area contributed by atoms with Crippen LogP contribution in [0.4, 0.5) is 5.13 Å². The van der Waals surface area contributed by atoms with Gasteiger partial charge in [-0.05, 0) is 49.1 Å². The Bertz CT molecular complexity index is 1220. The lowest BCUT2D eigenvalue weighted by Gasteiger charge is -2.04. The second-order valence-corrected chi connectivity index (χ2v) is 9.73. The number of hydrogen-bond donors (Lipinski definition) is 1. The van der Waals surface area contributed by atoms with Gasteiger partial charge in [-0.3, -0.25) is 4.79 Å². The molecule has 1 amide bonds. The van der Waals surface area contributed by atoms with Crippen molar-refractivity contribution >= 4 is 55.7 Å². The summed E-state index contributed by atoms with van der Waals surface area (Å²) >= 11 is 4.64. The minimum Gasteiger partial charge on any atom is -0.497 e. The fraction of sp³-hybridized carbons (Fsp3) is 0.238. The van der Waals surface area contributed by atoms with Crippen LogP contribution in [0.2, 0.25) is 0 Å². The Kier molecular flexibility index (Phi) is 5.41. The van der Waals surface area contributed by atoms with Crippen LogP contribution in [0, 0.1) is 0 Å². The van der Waals surface area contributed by atoms with Crippen LogP contribution in [0.1, 0.15) is 16.9 Å². The Labute approximate surface area is 185 Å². The third kappa shape index (κ3) is 3.80. The van der Waals surface area contributed by atoms with E-state index in [2.05, 4.69) is 20.3 Å². The van der Waals surface area contributed by atoms with Gasteiger partial charge in [0.25, 0.3) is 0 Å². The summed E-state index contributed by atoms with van der Waals surface area (Å²) in [7, 11) is 1.64. The molecule has 152 valence electrons. The molecule has 3 aromatic heterocycles. The van der Waals surface area contributed by atoms with Crippen LogP contribution in [0.5, 0.6) is 5.75 Å². The topological polar surface area (TPSA) is 77.0 Å². The van der Waals surface area contributed by atoms with Gasteiger partial charge in [-0.15, -0.1) is 22.7 Å². The average Bonchev–Trinajstić information content (AvgIpc) is 3.48. The van der Waals surface area contributed by atoms with Crippen molar-refractivity contribution in [3.05, 3.63) is 46.4 Å². The van der Waals surface area contributed by atoms with Crippen molar-refractivity contribution < 1.29 is 9.53 Å². The van der Waals surface area contributed by atoms with E-state index in [0.29, 0.717) is 5.13 Å². The molecular formula is C21H18N4O2S3. The van der Waals surface area contributed by atoms with Crippen molar-refractivity contribution in [3.63, 3.8) is 0 Å². The second-order valence-electron chi connectivity index (χ2n) is 6.82. The number of thiazole rings is 1. The average molecular weight is 455 g/mol. The highest BCUT2D eigenvalue weighted by Crippen LogP contribution is 2.40. The Balaban J connectivity index is 1.25. The van der Waals surface area contributed by atoms with Crippen LogP contribution in [0.3, 0.4) is 0 Å². The molecule has 0 saturated heterocycles. The number of nitrogens with zero attached hydrogens (tertiary/aromatic N) is 3. The summed E-state index contributed by atoms with van der Waals surface area (Å²) in [5, 5.41) is 7.47. The molecule has 1 aliphatic rings. The van der Waals surface area contributed by atoms with E-state index >= 15 is 0 Å². The van der Waals surface area contributed by atoms with Gasteiger partial charge < -0.3 is 10.1 Å². The van der Waals surface area contributed by atoms with Gasteiger partial charge in [-0.2, -0.15) is 0 Å². The van der Waals surface area contributed by atoms with E-state index in [0.717, 1.165) is 45.1 Å². The van der Waals surface area contributed by atoms with Crippen LogP contribution in [-0.2, 0) is 17.6 Å². The fourth-order valence-corrected chi connectivity index (χ4v) is 6.38. The zero-order chi connectivity index (χ0) is 20.5. The van der Waals surface area contributed by atoms with Crippen LogP contribution >= 0.6 is 34.4 Å². The summed E-state index contributed by atoms with van der Waals surface area (Å²) in [6.45, 7) is 0. The van der Waals surface area contributed by atoms with Gasteiger partial charge in [0.1, 0.15) is 21.9 Å². The van der Waals surface area contributed by atoms with Crippen LogP contribution in [0.25, 0.3) is 21.5 Å². The number of carbonyl (C=O) groups is 1. The lowest BCUT2D eigenvalue weighted by molar-refractivity contribution is -0.113. The normalized spacial score (nSPS) is 12.8. The Hall–Kier alpha value is -2.49. The standard InChI is InChI=1S/C21H18N4O2S3/c1-27-13-7-5-12(6-8-13)15-9-29-21(24-15)25-17(26)10-28-19-18-14-3-2-4-16(14)30-20(18)23-11-22-19/h5-9,11H,2-4,10H2,1H3,(H,24,25,26). The SMILES string of the molecule is COc1ccc(-c2csc(NC(=O)CSc3ncnc4sc5c(c34)CCC5)n2)cc1. The molecule has 1 aliphatic carbocycles. The number of hydrogen-bond acceptors (Lipinski definition) is 8. The molecule has 0 aliphatic heterocycles. The zero-order valence-electron chi connectivity index (χ0n) is 16.2. The molecule has 0 unspecified atom stereocenters. The van der Waals surface area contributed by atoms with Crippen LogP contribution in [-0.4, -0.2) is 33.7 Å². The molecule has 6 nitrogen and oxygen atoms in total. The third-order valence-corrected chi connectivity index (χ3v) is 7.89. The number of nitrogens with one attached hydrogen (secondary N) is 1. The molecule has 9 heteroatoms. The van der Waals surface area contributed by atoms with Crippen molar-refractivity contribution in [1.29, 1.82) is 0 Å². The molecule has 3 heterocycles. The fourth-order valence-electron chi connectivity index (χ4n) is 3.52. The largest absolute Gasteiger partial charge is 0.497 e. The first-order valence-corrected chi connectivity index (χ1v) is 12.2. The number of thioether (sulfide) groups is 1. The number of benzene rings is 1. The molecule has 0 fully saturated rings. The molecule has 1 aromatic carbocycles. The number of ether oxygens (including phenoxy) is 1. The lowest BCUT2D eigenvalue weighted by Crippen LogP contribution is -2.14. The van der Waals surface area contributed by atoms with Crippen LogP contribution < -0.4 is 10.1 Å². The molecule has 30 heavy (non-hydrogen) atoms. The maximum absolute atomic E-state index is 12.5. The molecule has 1 N–H and O–H groups in total. The third-order valence-electron chi connectivity index (χ3n) is 4.94. The summed E-state index contributed by atoms with van der Waals surface area (Å²) in [4.78, 5) is 28.4. The van der Waals surface area contributed by atoms with Crippen molar-refractivity contribution in [2.24, 2.45) is 0 Å². The van der Waals surface area contributed by atoms with Crippen LogP contribution in [0.15, 0.2) is 41.0 Å². The highest BCUT2D eigenvalue weighted by molar-refractivity contribution is 8.00. The Morgan fingerprint density at radius 3 is 2.93 bits per heavy atom. The first kappa shape index (κ1) is 19.5. The molecular weight excluding hydrogens is 436 g/mol. The monoisotopic (exact) mass is 454 g/mol. The molecule has 0 spiro atoms. The molecule has 4 aromatic rings. The van der Waals surface area contributed by atoms with Crippen molar-refractivity contribution in [2.45, 2.75) is 24.3 Å². The van der Waals surface area contributed by atoms with E-state index in [4.69, 9.17) is 4.74 Å². The molecule has 0 atom stereocenters. The van der Waals surface area contributed by atoms with Gasteiger partial charge >= 0.3 is 0 Å². The van der Waals surface area contributed by atoms with Gasteiger partial charge in [0.15, 0.2) is 5.13 Å². The summed E-state index contributed by atoms with van der Waals surface area (Å²) in [5.41, 5.74) is 3.19. The number of carbonyl (C=O) groups excluding carboxylic acids is 1. The zero-order valence-corrected chi connectivity index (χ0v) is 18.6. The van der Waals surface area contributed by atoms with Gasteiger partial charge in [0.2, 0.25) is 5.91 Å². The van der Waals surface area contributed by atoms with E-state index in [9.17, 15) is 4.79 Å². The van der Waals surface area contributed by atoms with E-state index in [1.807, 2.05) is 29.6 Å². The predicted octanol–water partition coefficient (Wildman–Crippen LogP) is 5.04. The first-order valence-electron chi connectivity index (χ1n) is 9.49. The number of aromatic nitrogens is 3. The highest BCUT2D eigenvalue weighted by atomic mass is 32.2. The summed E-state index contributed by atoms with van der Waals surface area (Å²) < 4.78 is 5.19. The summed E-state index contributed by atoms with van der Waals surface area (Å²) in [6, 6.07) is 7.70. The Morgan fingerprint density at radius 1 is 1.23 bits per heavy atom. The number of fused-ring (bicyclic) bond motifs is 3. The van der Waals surface area contributed by atoms with Crippen molar-refractivity contribution in [2.75, 3.05) is 18.2 Å².